The minimum atomic E-state index is -4.51. The van der Waals surface area contributed by atoms with Gasteiger partial charge in [0.05, 0.1) is 16.3 Å². The van der Waals surface area contributed by atoms with E-state index < -0.39 is 11.7 Å². The van der Waals surface area contributed by atoms with Gasteiger partial charge in [-0.25, -0.2) is 5.43 Å². The predicted molar refractivity (Wildman–Crippen MR) is 60.4 cm³/mol. The number of hydrogen-bond acceptors (Lipinski definition) is 2. The van der Waals surface area contributed by atoms with E-state index in [4.69, 9.17) is 11.6 Å². The maximum Gasteiger partial charge on any atom is 0.417 e. The van der Waals surface area contributed by atoms with Crippen LogP contribution in [0.3, 0.4) is 0 Å². The molecule has 1 aromatic rings. The second-order valence-electron chi connectivity index (χ2n) is 3.79. The number of rotatable bonds is 1. The Hall–Kier alpha value is -1.56. The van der Waals surface area contributed by atoms with Gasteiger partial charge in [-0.2, -0.15) is 18.3 Å². The zero-order valence-corrected chi connectivity index (χ0v) is 9.77. The number of alkyl halides is 3. The monoisotopic (exact) mass is 276 g/mol. The lowest BCUT2D eigenvalue weighted by Crippen LogP contribution is -2.26. The van der Waals surface area contributed by atoms with Crippen LogP contribution in [0.15, 0.2) is 23.3 Å². The number of carbonyl (C=O) groups is 1. The van der Waals surface area contributed by atoms with Crippen LogP contribution in [0.25, 0.3) is 0 Å². The van der Waals surface area contributed by atoms with Crippen LogP contribution in [0.4, 0.5) is 13.2 Å². The molecule has 1 aliphatic heterocycles. The van der Waals surface area contributed by atoms with Gasteiger partial charge in [-0.05, 0) is 17.7 Å². The summed E-state index contributed by atoms with van der Waals surface area (Å²) in [6.07, 6.45) is -3.99. The largest absolute Gasteiger partial charge is 0.417 e. The summed E-state index contributed by atoms with van der Waals surface area (Å²) in [5.41, 5.74) is 2.06. The third-order valence-electron chi connectivity index (χ3n) is 2.51. The van der Waals surface area contributed by atoms with Crippen molar-refractivity contribution in [3.63, 3.8) is 0 Å². The number of nitrogens with zero attached hydrogens (tertiary/aromatic N) is 1. The maximum atomic E-state index is 12.7. The van der Waals surface area contributed by atoms with Crippen molar-refractivity contribution in [1.29, 1.82) is 0 Å². The second kappa shape index (κ2) is 4.61. The summed E-state index contributed by atoms with van der Waals surface area (Å²) in [7, 11) is 0. The van der Waals surface area contributed by atoms with Gasteiger partial charge in [0, 0.05) is 12.8 Å². The fraction of sp³-hybridized carbons (Fsp3) is 0.273. The van der Waals surface area contributed by atoms with E-state index in [1.165, 1.54) is 12.1 Å². The topological polar surface area (TPSA) is 41.5 Å². The molecule has 1 aromatic carbocycles. The molecule has 0 aromatic heterocycles. The molecule has 1 N–H and O–H groups in total. The molecule has 2 rings (SSSR count). The van der Waals surface area contributed by atoms with Crippen LogP contribution >= 0.6 is 11.6 Å². The second-order valence-corrected chi connectivity index (χ2v) is 4.19. The Morgan fingerprint density at radius 1 is 1.28 bits per heavy atom. The van der Waals surface area contributed by atoms with Crippen LogP contribution in [0.1, 0.15) is 24.0 Å². The molecule has 0 saturated carbocycles. The van der Waals surface area contributed by atoms with E-state index in [1.807, 2.05) is 0 Å². The summed E-state index contributed by atoms with van der Waals surface area (Å²) in [5.74, 6) is -0.247. The Morgan fingerprint density at radius 2 is 2.00 bits per heavy atom. The summed E-state index contributed by atoms with van der Waals surface area (Å²) in [4.78, 5) is 10.9. The molecule has 0 saturated heterocycles. The minimum Gasteiger partial charge on any atom is -0.273 e. The lowest BCUT2D eigenvalue weighted by Gasteiger charge is -2.14. The summed E-state index contributed by atoms with van der Waals surface area (Å²) in [6, 6.07) is 3.57. The fourth-order valence-corrected chi connectivity index (χ4v) is 1.83. The normalized spacial score (nSPS) is 16.2. The number of hydrazone groups is 1. The van der Waals surface area contributed by atoms with E-state index in [9.17, 15) is 18.0 Å². The van der Waals surface area contributed by atoms with Crippen molar-refractivity contribution in [3.8, 4) is 0 Å². The third-order valence-corrected chi connectivity index (χ3v) is 2.84. The zero-order chi connectivity index (χ0) is 13.3. The van der Waals surface area contributed by atoms with Crippen LogP contribution in [0.5, 0.6) is 0 Å². The van der Waals surface area contributed by atoms with Crippen molar-refractivity contribution in [2.75, 3.05) is 0 Å². The van der Waals surface area contributed by atoms with Gasteiger partial charge in [-0.3, -0.25) is 4.79 Å². The van der Waals surface area contributed by atoms with E-state index in [1.54, 1.807) is 0 Å². The van der Waals surface area contributed by atoms with Crippen LogP contribution in [-0.4, -0.2) is 11.6 Å². The predicted octanol–water partition coefficient (Wildman–Crippen LogP) is 2.97. The first-order chi connectivity index (χ1) is 8.38. The molecule has 1 heterocycles. The molecule has 0 radical (unpaired) electrons. The number of carbonyl (C=O) groups excluding carboxylic acids is 1. The summed E-state index contributed by atoms with van der Waals surface area (Å²) >= 11 is 5.51. The van der Waals surface area contributed by atoms with Gasteiger partial charge < -0.3 is 0 Å². The maximum absolute atomic E-state index is 12.7. The lowest BCUT2D eigenvalue weighted by atomic mass is 10.0. The molecule has 0 spiro atoms. The SMILES string of the molecule is O=C1CCC(c2ccc(Cl)c(C(F)(F)F)c2)=NN1. The Morgan fingerprint density at radius 3 is 2.56 bits per heavy atom. The quantitative estimate of drug-likeness (QED) is 0.842. The number of benzene rings is 1. The molecule has 7 heteroatoms. The highest BCUT2D eigenvalue weighted by Crippen LogP contribution is 2.35. The highest BCUT2D eigenvalue weighted by atomic mass is 35.5. The Balaban J connectivity index is 2.39. The number of nitrogens with one attached hydrogen (secondary N) is 1. The van der Waals surface area contributed by atoms with E-state index in [0.717, 1.165) is 6.07 Å². The van der Waals surface area contributed by atoms with Gasteiger partial charge in [-0.1, -0.05) is 17.7 Å². The highest BCUT2D eigenvalue weighted by Gasteiger charge is 2.33. The molecule has 0 unspecified atom stereocenters. The molecule has 0 fully saturated rings. The van der Waals surface area contributed by atoms with Gasteiger partial charge in [-0.15, -0.1) is 0 Å². The van der Waals surface area contributed by atoms with Gasteiger partial charge in [0.25, 0.3) is 0 Å². The van der Waals surface area contributed by atoms with E-state index in [-0.39, 0.29) is 17.4 Å². The molecule has 1 aliphatic rings. The molecule has 18 heavy (non-hydrogen) atoms. The zero-order valence-electron chi connectivity index (χ0n) is 9.01. The van der Waals surface area contributed by atoms with E-state index in [0.29, 0.717) is 17.7 Å². The number of hydrogen-bond donors (Lipinski definition) is 1. The molecule has 0 atom stereocenters. The first-order valence-electron chi connectivity index (χ1n) is 5.10. The Labute approximate surface area is 106 Å². The smallest absolute Gasteiger partial charge is 0.273 e. The minimum absolute atomic E-state index is 0.211. The van der Waals surface area contributed by atoms with Crippen LogP contribution in [0, 0.1) is 0 Å². The van der Waals surface area contributed by atoms with E-state index >= 15 is 0 Å². The Bertz CT molecular complexity index is 526. The van der Waals surface area contributed by atoms with Crippen LogP contribution in [0.2, 0.25) is 5.02 Å². The summed E-state index contributed by atoms with van der Waals surface area (Å²) in [5, 5.41) is 3.39. The number of amides is 1. The number of halogens is 4. The van der Waals surface area contributed by atoms with Gasteiger partial charge in [0.2, 0.25) is 5.91 Å². The molecule has 96 valence electrons. The van der Waals surface area contributed by atoms with Gasteiger partial charge in [0.1, 0.15) is 0 Å². The standard InChI is InChI=1S/C11H8ClF3N2O/c12-8-2-1-6(5-7(8)11(13,14)15)9-3-4-10(18)17-16-9/h1-2,5H,3-4H2,(H,17,18). The summed E-state index contributed by atoms with van der Waals surface area (Å²) in [6.45, 7) is 0. The van der Waals surface area contributed by atoms with Crippen LogP contribution in [-0.2, 0) is 11.0 Å². The average Bonchev–Trinajstić information content (AvgIpc) is 2.29. The van der Waals surface area contributed by atoms with Crippen molar-refractivity contribution in [2.24, 2.45) is 5.10 Å². The molecular weight excluding hydrogens is 269 g/mol. The van der Waals surface area contributed by atoms with Crippen molar-refractivity contribution in [1.82, 2.24) is 5.43 Å². The third kappa shape index (κ3) is 2.64. The molecule has 0 bridgehead atoms. The first-order valence-corrected chi connectivity index (χ1v) is 5.48. The fourth-order valence-electron chi connectivity index (χ4n) is 1.60. The van der Waals surface area contributed by atoms with Crippen LogP contribution < -0.4 is 5.43 Å². The molecule has 1 amide bonds. The first kappa shape index (κ1) is 12.9. The summed E-state index contributed by atoms with van der Waals surface area (Å²) < 4.78 is 38.0. The lowest BCUT2D eigenvalue weighted by molar-refractivity contribution is -0.137. The highest BCUT2D eigenvalue weighted by molar-refractivity contribution is 6.31. The van der Waals surface area contributed by atoms with E-state index in [2.05, 4.69) is 10.5 Å². The molecular formula is C11H8ClF3N2O. The van der Waals surface area contributed by atoms with Crippen molar-refractivity contribution >= 4 is 23.2 Å². The average molecular weight is 277 g/mol. The van der Waals surface area contributed by atoms with Crippen molar-refractivity contribution < 1.29 is 18.0 Å². The van der Waals surface area contributed by atoms with Gasteiger partial charge >= 0.3 is 6.18 Å². The molecule has 0 aliphatic carbocycles. The Kier molecular flexibility index (Phi) is 3.30. The van der Waals surface area contributed by atoms with Gasteiger partial charge in [0.15, 0.2) is 0 Å². The van der Waals surface area contributed by atoms with Crippen molar-refractivity contribution in [3.05, 3.63) is 34.3 Å². The molecule has 3 nitrogen and oxygen atoms in total. The van der Waals surface area contributed by atoms with Crippen molar-refractivity contribution in [2.45, 2.75) is 19.0 Å².